The second-order valence-corrected chi connectivity index (χ2v) is 2.57. The predicted octanol–water partition coefficient (Wildman–Crippen LogP) is 0.400. The Kier molecular flexibility index (Phi) is 11.8. The van der Waals surface area contributed by atoms with Gasteiger partial charge in [0.15, 0.2) is 0 Å². The molecule has 0 aromatic heterocycles. The van der Waals surface area contributed by atoms with E-state index < -0.39 is 0 Å². The van der Waals surface area contributed by atoms with Crippen molar-refractivity contribution >= 4 is 6.41 Å². The molecule has 14 heavy (non-hydrogen) atoms. The van der Waals surface area contributed by atoms with E-state index in [1.165, 1.54) is 5.56 Å². The number of hydrogen-bond acceptors (Lipinski definition) is 2. The molecule has 1 amide bonds. The van der Waals surface area contributed by atoms with Gasteiger partial charge in [-0.05, 0) is 12.0 Å². The van der Waals surface area contributed by atoms with Crippen LogP contribution in [0.4, 0.5) is 0 Å². The fourth-order valence-electron chi connectivity index (χ4n) is 0.917. The first-order valence-electron chi connectivity index (χ1n) is 3.91. The molecule has 0 radical (unpaired) electrons. The maximum Gasteiger partial charge on any atom is 2.00 e. The van der Waals surface area contributed by atoms with E-state index in [9.17, 15) is 0 Å². The van der Waals surface area contributed by atoms with Crippen LogP contribution in [0.5, 0.6) is 0 Å². The van der Waals surface area contributed by atoms with Gasteiger partial charge in [-0.1, -0.05) is 30.3 Å². The monoisotopic (exact) mass is 362 g/mol. The zero-order valence-corrected chi connectivity index (χ0v) is 10.8. The van der Waals surface area contributed by atoms with E-state index in [4.69, 9.17) is 10.5 Å². The van der Waals surface area contributed by atoms with Gasteiger partial charge in [-0.15, -0.1) is 6.04 Å². The Balaban J connectivity index is 0. The molecule has 4 N–H and O–H groups in total. The topological polar surface area (TPSA) is 69.1 Å². The number of nitrogens with two attached hydrogens (primary N) is 2. The van der Waals surface area contributed by atoms with Crippen molar-refractivity contribution < 1.29 is 25.9 Å². The van der Waals surface area contributed by atoms with Crippen molar-refractivity contribution in [2.75, 3.05) is 0 Å². The molecule has 0 bridgehead atoms. The summed E-state index contributed by atoms with van der Waals surface area (Å²) in [6.45, 7) is 3.71. The number of benzene rings is 1. The molecule has 0 aliphatic carbocycles. The van der Waals surface area contributed by atoms with Gasteiger partial charge in [0.1, 0.15) is 0 Å². The zero-order valence-electron chi connectivity index (χ0n) is 7.85. The molecule has 1 rings (SSSR count). The van der Waals surface area contributed by atoms with Crippen LogP contribution in [0.1, 0.15) is 5.56 Å². The van der Waals surface area contributed by atoms with Gasteiger partial charge in [0.2, 0.25) is 0 Å². The van der Waals surface area contributed by atoms with Crippen molar-refractivity contribution in [3.8, 4) is 0 Å². The molecule has 1 aromatic rings. The molecule has 1 aromatic carbocycles. The van der Waals surface area contributed by atoms with Gasteiger partial charge in [-0.25, -0.2) is 0 Å². The average Bonchev–Trinajstić information content (AvgIpc) is 2.06. The zero-order chi connectivity index (χ0) is 10.1. The molecule has 0 fully saturated rings. The first-order chi connectivity index (χ1) is 6.20. The maximum absolute atomic E-state index is 8.46. The summed E-state index contributed by atoms with van der Waals surface area (Å²) in [7, 11) is 0. The van der Waals surface area contributed by atoms with Gasteiger partial charge in [0, 0.05) is 0 Å². The number of carbonyl (C=O) groups excluding carboxylic acids is 1. The quantitative estimate of drug-likeness (QED) is 0.591. The van der Waals surface area contributed by atoms with Crippen molar-refractivity contribution in [3.63, 3.8) is 0 Å². The fourth-order valence-corrected chi connectivity index (χ4v) is 0.917. The minimum atomic E-state index is 0. The average molecular weight is 362 g/mol. The number of amides is 1. The molecular weight excluding hydrogens is 348 g/mol. The Labute approximate surface area is 99.1 Å². The van der Waals surface area contributed by atoms with E-state index in [2.05, 4.69) is 24.8 Å². The molecule has 1 atom stereocenters. The number of primary amides is 1. The van der Waals surface area contributed by atoms with Crippen LogP contribution in [0.2, 0.25) is 0 Å². The first kappa shape index (κ1) is 15.8. The first-order valence-corrected chi connectivity index (χ1v) is 3.91. The summed E-state index contributed by atoms with van der Waals surface area (Å²) >= 11 is 0. The van der Waals surface area contributed by atoms with Gasteiger partial charge in [0.05, 0.1) is 0 Å². The van der Waals surface area contributed by atoms with Crippen LogP contribution < -0.4 is 11.5 Å². The van der Waals surface area contributed by atoms with E-state index in [0.717, 1.165) is 12.8 Å². The maximum atomic E-state index is 8.46. The molecule has 76 valence electrons. The molecule has 3 nitrogen and oxygen atoms in total. The molecule has 0 spiro atoms. The largest absolute Gasteiger partial charge is 2.00 e. The predicted molar refractivity (Wildman–Crippen MR) is 53.4 cm³/mol. The smallest absolute Gasteiger partial charge is 0.543 e. The summed E-state index contributed by atoms with van der Waals surface area (Å²) in [6.07, 6.45) is 1.86. The third-order valence-electron chi connectivity index (χ3n) is 1.34. The number of hydrogen-bond donors (Lipinski definition) is 2. The van der Waals surface area contributed by atoms with Crippen LogP contribution in [0, 0.1) is 6.92 Å². The number of rotatable bonds is 2. The molecule has 0 aliphatic heterocycles. The SMILES string of the molecule is N[C-]=O.[CH2-]C(N)Cc1ccccc1.[W+2]. The molecule has 1 unspecified atom stereocenters. The molecule has 4 heteroatoms. The minimum absolute atomic E-state index is 0. The Morgan fingerprint density at radius 1 is 1.36 bits per heavy atom. The normalized spacial score (nSPS) is 10.1. The fraction of sp³-hybridized carbons (Fsp3) is 0.200. The Morgan fingerprint density at radius 3 is 2.14 bits per heavy atom. The molecular formula is C10H14N2OW. The summed E-state index contributed by atoms with van der Waals surface area (Å²) in [5.41, 5.74) is 10.8. The summed E-state index contributed by atoms with van der Waals surface area (Å²) in [4.78, 5) is 8.46. The van der Waals surface area contributed by atoms with Gasteiger partial charge in [0.25, 0.3) is 0 Å². The molecule has 0 heterocycles. The molecule has 0 saturated heterocycles. The Morgan fingerprint density at radius 2 is 1.79 bits per heavy atom. The van der Waals surface area contributed by atoms with Crippen molar-refractivity contribution in [1.82, 2.24) is 0 Å². The third kappa shape index (κ3) is 9.43. The second-order valence-electron chi connectivity index (χ2n) is 2.57. The molecule has 0 aliphatic rings. The Bertz CT molecular complexity index is 227. The minimum Gasteiger partial charge on any atom is -0.543 e. The van der Waals surface area contributed by atoms with Gasteiger partial charge < -0.3 is 23.2 Å². The van der Waals surface area contributed by atoms with E-state index in [-0.39, 0.29) is 27.1 Å². The van der Waals surface area contributed by atoms with E-state index in [1.54, 1.807) is 0 Å². The Hall–Kier alpha value is -0.662. The summed E-state index contributed by atoms with van der Waals surface area (Å²) in [6, 6.07) is 10.2. The summed E-state index contributed by atoms with van der Waals surface area (Å²) in [5, 5.41) is 0. The van der Waals surface area contributed by atoms with E-state index in [1.807, 2.05) is 18.2 Å². The van der Waals surface area contributed by atoms with E-state index in [0.29, 0.717) is 0 Å². The van der Waals surface area contributed by atoms with Gasteiger partial charge in [-0.2, -0.15) is 6.41 Å². The summed E-state index contributed by atoms with van der Waals surface area (Å²) < 4.78 is 0. The van der Waals surface area contributed by atoms with Crippen LogP contribution in [0.25, 0.3) is 0 Å². The van der Waals surface area contributed by atoms with Crippen LogP contribution in [-0.4, -0.2) is 12.5 Å². The van der Waals surface area contributed by atoms with Crippen LogP contribution in [0.3, 0.4) is 0 Å². The van der Waals surface area contributed by atoms with Crippen molar-refractivity contribution in [3.05, 3.63) is 42.8 Å². The second kappa shape index (κ2) is 10.4. The standard InChI is InChI=1S/C9H12N.CH2NO.W/c1-8(10)7-9-5-3-2-4-6-9;2-1-3;/h2-6,8H,1,7,10H2;(H2,2,3);/q2*-1;+2. The van der Waals surface area contributed by atoms with E-state index >= 15 is 0 Å². The van der Waals surface area contributed by atoms with Crippen LogP contribution >= 0.6 is 0 Å². The van der Waals surface area contributed by atoms with Crippen LogP contribution in [-0.2, 0) is 32.3 Å². The van der Waals surface area contributed by atoms with Crippen molar-refractivity contribution in [1.29, 1.82) is 0 Å². The summed E-state index contributed by atoms with van der Waals surface area (Å²) in [5.74, 6) is 0. The van der Waals surface area contributed by atoms with Crippen molar-refractivity contribution in [2.45, 2.75) is 12.5 Å². The van der Waals surface area contributed by atoms with Crippen molar-refractivity contribution in [2.24, 2.45) is 11.5 Å². The van der Waals surface area contributed by atoms with Gasteiger partial charge in [-0.3, -0.25) is 0 Å². The molecule has 0 saturated carbocycles. The van der Waals surface area contributed by atoms with Gasteiger partial charge >= 0.3 is 21.1 Å². The van der Waals surface area contributed by atoms with Crippen LogP contribution in [0.15, 0.2) is 30.3 Å². The third-order valence-corrected chi connectivity index (χ3v) is 1.34.